The second kappa shape index (κ2) is 6.24. The monoisotopic (exact) mass is 246 g/mol. The molecular formula is C16H26N2. The van der Waals surface area contributed by atoms with Gasteiger partial charge in [-0.3, -0.25) is 0 Å². The molecule has 0 bridgehead atoms. The van der Waals surface area contributed by atoms with Gasteiger partial charge in [-0.1, -0.05) is 39.3 Å². The van der Waals surface area contributed by atoms with Crippen molar-refractivity contribution in [3.05, 3.63) is 29.8 Å². The highest BCUT2D eigenvalue weighted by Gasteiger charge is 2.21. The first kappa shape index (κ1) is 13.4. The van der Waals surface area contributed by atoms with E-state index < -0.39 is 0 Å². The van der Waals surface area contributed by atoms with Crippen LogP contribution in [0.15, 0.2) is 24.3 Å². The Morgan fingerprint density at radius 2 is 2.00 bits per heavy atom. The molecule has 0 radical (unpaired) electrons. The average molecular weight is 246 g/mol. The molecule has 0 aromatic heterocycles. The number of nitrogens with one attached hydrogen (secondary N) is 1. The minimum Gasteiger partial charge on any atom is -0.369 e. The van der Waals surface area contributed by atoms with E-state index >= 15 is 0 Å². The fourth-order valence-electron chi connectivity index (χ4n) is 2.62. The summed E-state index contributed by atoms with van der Waals surface area (Å²) in [4.78, 5) is 2.51. The Labute approximate surface area is 111 Å². The number of aryl methyl sites for hydroxylation is 1. The molecule has 1 fully saturated rings. The van der Waals surface area contributed by atoms with Gasteiger partial charge >= 0.3 is 0 Å². The zero-order chi connectivity index (χ0) is 13.0. The molecule has 1 aromatic carbocycles. The molecule has 1 unspecified atom stereocenters. The van der Waals surface area contributed by atoms with E-state index in [1.54, 1.807) is 0 Å². The summed E-state index contributed by atoms with van der Waals surface area (Å²) in [5.41, 5.74) is 2.83. The van der Waals surface area contributed by atoms with Crippen molar-refractivity contribution >= 4 is 5.69 Å². The lowest BCUT2D eigenvalue weighted by Crippen LogP contribution is -2.52. The van der Waals surface area contributed by atoms with E-state index in [4.69, 9.17) is 0 Å². The van der Waals surface area contributed by atoms with Crippen LogP contribution < -0.4 is 10.2 Å². The Hall–Kier alpha value is -1.02. The van der Waals surface area contributed by atoms with Gasteiger partial charge in [0.15, 0.2) is 0 Å². The number of hydrogen-bond donors (Lipinski definition) is 1. The van der Waals surface area contributed by atoms with Crippen molar-refractivity contribution in [2.45, 2.75) is 39.7 Å². The Balaban J connectivity index is 2.02. The summed E-state index contributed by atoms with van der Waals surface area (Å²) in [7, 11) is 0. The highest BCUT2D eigenvalue weighted by molar-refractivity contribution is 5.48. The van der Waals surface area contributed by atoms with Crippen molar-refractivity contribution in [2.75, 3.05) is 24.5 Å². The number of hydrogen-bond acceptors (Lipinski definition) is 2. The largest absolute Gasteiger partial charge is 0.369 e. The molecule has 1 atom stereocenters. The molecule has 1 aliphatic rings. The fraction of sp³-hybridized carbons (Fsp3) is 0.625. The van der Waals surface area contributed by atoms with E-state index in [1.165, 1.54) is 24.1 Å². The van der Waals surface area contributed by atoms with E-state index in [0.29, 0.717) is 12.0 Å². The van der Waals surface area contributed by atoms with Gasteiger partial charge in [0.05, 0.1) is 0 Å². The van der Waals surface area contributed by atoms with Crippen LogP contribution in [0.25, 0.3) is 0 Å². The summed E-state index contributed by atoms with van der Waals surface area (Å²) >= 11 is 0. The van der Waals surface area contributed by atoms with Crippen LogP contribution in [0.1, 0.15) is 32.8 Å². The lowest BCUT2D eigenvalue weighted by atomic mass is 10.0. The molecule has 1 aliphatic heterocycles. The summed E-state index contributed by atoms with van der Waals surface area (Å²) in [5.74, 6) is 0.701. The topological polar surface area (TPSA) is 15.3 Å². The lowest BCUT2D eigenvalue weighted by molar-refractivity contribution is 0.368. The molecule has 1 aromatic rings. The predicted molar refractivity (Wildman–Crippen MR) is 79.3 cm³/mol. The quantitative estimate of drug-likeness (QED) is 0.878. The molecule has 0 spiro atoms. The number of anilines is 1. The fourth-order valence-corrected chi connectivity index (χ4v) is 2.62. The molecule has 100 valence electrons. The maximum atomic E-state index is 3.61. The standard InChI is InChI=1S/C16H26N2/c1-4-5-14-6-8-15(9-7-14)18-11-10-17-16(12-18)13(2)3/h6-9,13,16-17H,4-5,10-12H2,1-3H3. The third-order valence-electron chi connectivity index (χ3n) is 3.85. The average Bonchev–Trinajstić information content (AvgIpc) is 2.40. The molecular weight excluding hydrogens is 220 g/mol. The summed E-state index contributed by atoms with van der Waals surface area (Å²) in [6, 6.07) is 9.76. The first-order valence-corrected chi connectivity index (χ1v) is 7.28. The van der Waals surface area contributed by atoms with Gasteiger partial charge in [-0.15, -0.1) is 0 Å². The Bertz CT molecular complexity index is 356. The van der Waals surface area contributed by atoms with Crippen molar-refractivity contribution in [2.24, 2.45) is 5.92 Å². The second-order valence-corrected chi connectivity index (χ2v) is 5.67. The van der Waals surface area contributed by atoms with Gasteiger partial charge in [-0.2, -0.15) is 0 Å². The minimum absolute atomic E-state index is 0.620. The van der Waals surface area contributed by atoms with Gasteiger partial charge < -0.3 is 10.2 Å². The van der Waals surface area contributed by atoms with E-state index in [9.17, 15) is 0 Å². The van der Waals surface area contributed by atoms with E-state index in [1.807, 2.05) is 0 Å². The number of rotatable bonds is 4. The van der Waals surface area contributed by atoms with Crippen LogP contribution in [-0.4, -0.2) is 25.7 Å². The normalized spacial score (nSPS) is 20.4. The van der Waals surface area contributed by atoms with Crippen molar-refractivity contribution in [3.63, 3.8) is 0 Å². The zero-order valence-corrected chi connectivity index (χ0v) is 11.9. The second-order valence-electron chi connectivity index (χ2n) is 5.67. The van der Waals surface area contributed by atoms with Crippen molar-refractivity contribution in [1.29, 1.82) is 0 Å². The first-order chi connectivity index (χ1) is 8.70. The molecule has 1 heterocycles. The third kappa shape index (κ3) is 3.26. The Morgan fingerprint density at radius 3 is 2.61 bits per heavy atom. The number of nitrogens with zero attached hydrogens (tertiary/aromatic N) is 1. The predicted octanol–water partition coefficient (Wildman–Crippen LogP) is 3.07. The maximum Gasteiger partial charge on any atom is 0.0367 e. The van der Waals surface area contributed by atoms with Crippen molar-refractivity contribution in [1.82, 2.24) is 5.32 Å². The molecule has 2 rings (SSSR count). The third-order valence-corrected chi connectivity index (χ3v) is 3.85. The first-order valence-electron chi connectivity index (χ1n) is 7.28. The van der Waals surface area contributed by atoms with Crippen LogP contribution in [0.2, 0.25) is 0 Å². The summed E-state index contributed by atoms with van der Waals surface area (Å²) in [5, 5.41) is 3.61. The van der Waals surface area contributed by atoms with Crippen LogP contribution in [0.4, 0.5) is 5.69 Å². The summed E-state index contributed by atoms with van der Waals surface area (Å²) in [6.45, 7) is 10.2. The lowest BCUT2D eigenvalue weighted by Gasteiger charge is -2.37. The summed E-state index contributed by atoms with van der Waals surface area (Å²) < 4.78 is 0. The van der Waals surface area contributed by atoms with Crippen LogP contribution in [-0.2, 0) is 6.42 Å². The van der Waals surface area contributed by atoms with E-state index in [2.05, 4.69) is 55.3 Å². The van der Waals surface area contributed by atoms with Crippen LogP contribution in [0.5, 0.6) is 0 Å². The van der Waals surface area contributed by atoms with Crippen LogP contribution in [0, 0.1) is 5.92 Å². The molecule has 2 nitrogen and oxygen atoms in total. The molecule has 1 saturated heterocycles. The van der Waals surface area contributed by atoms with E-state index in [-0.39, 0.29) is 0 Å². The van der Waals surface area contributed by atoms with Crippen molar-refractivity contribution < 1.29 is 0 Å². The molecule has 0 aliphatic carbocycles. The highest BCUT2D eigenvalue weighted by Crippen LogP contribution is 2.19. The van der Waals surface area contributed by atoms with Gasteiger partial charge in [0, 0.05) is 31.4 Å². The van der Waals surface area contributed by atoms with Gasteiger partial charge in [-0.25, -0.2) is 0 Å². The van der Waals surface area contributed by atoms with Gasteiger partial charge in [0.25, 0.3) is 0 Å². The zero-order valence-electron chi connectivity index (χ0n) is 11.9. The number of piperazine rings is 1. The Kier molecular flexibility index (Phi) is 4.65. The van der Waals surface area contributed by atoms with Crippen LogP contribution in [0.3, 0.4) is 0 Å². The van der Waals surface area contributed by atoms with Crippen molar-refractivity contribution in [3.8, 4) is 0 Å². The highest BCUT2D eigenvalue weighted by atomic mass is 15.2. The van der Waals surface area contributed by atoms with Gasteiger partial charge in [0.2, 0.25) is 0 Å². The smallest absolute Gasteiger partial charge is 0.0367 e. The van der Waals surface area contributed by atoms with E-state index in [0.717, 1.165) is 19.6 Å². The molecule has 0 amide bonds. The van der Waals surface area contributed by atoms with Crippen LogP contribution >= 0.6 is 0 Å². The molecule has 1 N–H and O–H groups in total. The number of benzene rings is 1. The molecule has 18 heavy (non-hydrogen) atoms. The minimum atomic E-state index is 0.620. The molecule has 0 saturated carbocycles. The van der Waals surface area contributed by atoms with Gasteiger partial charge in [-0.05, 0) is 30.0 Å². The molecule has 2 heteroatoms. The summed E-state index contributed by atoms with van der Waals surface area (Å²) in [6.07, 6.45) is 2.42. The van der Waals surface area contributed by atoms with Gasteiger partial charge in [0.1, 0.15) is 0 Å². The SMILES string of the molecule is CCCc1ccc(N2CCNC(C(C)C)C2)cc1. The Morgan fingerprint density at radius 1 is 1.28 bits per heavy atom. The maximum absolute atomic E-state index is 3.61.